The van der Waals surface area contributed by atoms with Crippen LogP contribution in [0.5, 0.6) is 0 Å². The highest BCUT2D eigenvalue weighted by Crippen LogP contribution is 2.48. The average Bonchev–Trinajstić information content (AvgIpc) is 3.83. The molecule has 0 amide bonds. The van der Waals surface area contributed by atoms with Gasteiger partial charge in [-0.2, -0.15) is 0 Å². The Labute approximate surface area is 352 Å². The maximum atomic E-state index is 5.50. The zero-order chi connectivity index (χ0) is 40.4. The summed E-state index contributed by atoms with van der Waals surface area (Å²) in [5.41, 5.74) is 16.0. The number of hydrogen-bond acceptors (Lipinski definition) is 2. The van der Waals surface area contributed by atoms with Crippen LogP contribution in [0.2, 0.25) is 0 Å². The number of rotatable bonds is 4. The lowest BCUT2D eigenvalue weighted by molar-refractivity contribution is 0.643. The Bertz CT molecular complexity index is 3780. The molecule has 3 heterocycles. The summed E-state index contributed by atoms with van der Waals surface area (Å²) in [6, 6.07) is 70.6. The maximum absolute atomic E-state index is 5.50. The number of fused-ring (bicyclic) bond motifs is 10. The highest BCUT2D eigenvalue weighted by Gasteiger charge is 2.35. The van der Waals surface area contributed by atoms with Gasteiger partial charge >= 0.3 is 0 Å². The molecule has 1 aliphatic carbocycles. The summed E-state index contributed by atoms with van der Waals surface area (Å²) in [6.07, 6.45) is 0. The van der Waals surface area contributed by atoms with Gasteiger partial charge < -0.3 is 4.57 Å². The van der Waals surface area contributed by atoms with Crippen molar-refractivity contribution in [2.24, 2.45) is 0 Å². The fourth-order valence-corrected chi connectivity index (χ4v) is 10.4. The Hall–Kier alpha value is -7.82. The molecule has 0 unspecified atom stereocenters. The Balaban J connectivity index is 1.01. The van der Waals surface area contributed by atoms with E-state index in [1.54, 1.807) is 0 Å². The molecule has 0 saturated heterocycles. The van der Waals surface area contributed by atoms with Crippen LogP contribution in [-0.4, -0.2) is 19.1 Å². The van der Waals surface area contributed by atoms with E-state index in [-0.39, 0.29) is 5.41 Å². The Kier molecular flexibility index (Phi) is 7.04. The van der Waals surface area contributed by atoms with Gasteiger partial charge in [0.2, 0.25) is 5.95 Å². The zero-order valence-electron chi connectivity index (χ0n) is 33.8. The minimum atomic E-state index is -0.164. The molecule has 3 aromatic heterocycles. The van der Waals surface area contributed by atoms with E-state index in [1.807, 2.05) is 0 Å². The quantitative estimate of drug-likeness (QED) is 0.178. The van der Waals surface area contributed by atoms with Crippen molar-refractivity contribution in [1.82, 2.24) is 19.1 Å². The van der Waals surface area contributed by atoms with Crippen LogP contribution >= 0.6 is 0 Å². The van der Waals surface area contributed by atoms with Crippen LogP contribution in [0, 0.1) is 0 Å². The molecule has 0 aliphatic heterocycles. The predicted octanol–water partition coefficient (Wildman–Crippen LogP) is 14.6. The van der Waals surface area contributed by atoms with Crippen molar-refractivity contribution in [1.29, 1.82) is 0 Å². The highest BCUT2D eigenvalue weighted by atomic mass is 15.2. The summed E-state index contributed by atoms with van der Waals surface area (Å²) in [5.74, 6) is 0.684. The van der Waals surface area contributed by atoms with Crippen molar-refractivity contribution < 1.29 is 0 Å². The molecule has 0 radical (unpaired) electrons. The maximum Gasteiger partial charge on any atom is 0.235 e. The predicted molar refractivity (Wildman–Crippen MR) is 254 cm³/mol. The Morgan fingerprint density at radius 3 is 1.85 bits per heavy atom. The lowest BCUT2D eigenvalue weighted by Gasteiger charge is -2.34. The Morgan fingerprint density at radius 1 is 0.393 bits per heavy atom. The second kappa shape index (κ2) is 12.6. The molecule has 0 N–H and O–H groups in total. The minimum absolute atomic E-state index is 0.164. The summed E-state index contributed by atoms with van der Waals surface area (Å²) in [7, 11) is 0. The first kappa shape index (κ1) is 34.1. The molecule has 0 fully saturated rings. The third-order valence-corrected chi connectivity index (χ3v) is 13.3. The molecule has 61 heavy (non-hydrogen) atoms. The topological polar surface area (TPSA) is 35.6 Å². The van der Waals surface area contributed by atoms with E-state index in [2.05, 4.69) is 217 Å². The molecule has 12 aromatic rings. The van der Waals surface area contributed by atoms with E-state index < -0.39 is 0 Å². The molecule has 1 aliphatic rings. The molecule has 4 heteroatoms. The molecule has 0 bridgehead atoms. The van der Waals surface area contributed by atoms with Gasteiger partial charge in [0.1, 0.15) is 0 Å². The lowest BCUT2D eigenvalue weighted by Crippen LogP contribution is -2.24. The molecule has 4 nitrogen and oxygen atoms in total. The average molecular weight is 779 g/mol. The molecular formula is C57H38N4. The first-order valence-electron chi connectivity index (χ1n) is 21.1. The van der Waals surface area contributed by atoms with Gasteiger partial charge in [-0.15, -0.1) is 0 Å². The zero-order valence-corrected chi connectivity index (χ0v) is 33.8. The van der Waals surface area contributed by atoms with Gasteiger partial charge in [-0.25, -0.2) is 9.97 Å². The monoisotopic (exact) mass is 778 g/mol. The van der Waals surface area contributed by atoms with Crippen LogP contribution in [0.1, 0.15) is 25.0 Å². The largest absolute Gasteiger partial charge is 0.309 e. The van der Waals surface area contributed by atoms with Gasteiger partial charge in [-0.1, -0.05) is 153 Å². The molecule has 9 aromatic carbocycles. The molecule has 0 spiro atoms. The standard InChI is InChI=1S/C57H38N4/c1-57(2)46-19-10-8-18-43(46)55-54-47(57)20-12-21-48(54)58-56(59-55)61-51-31-27-39(34-45(51)53-41-16-7-6-15-37(41)25-32-52(53)61)38-26-30-50-44(33-38)42-17-9-11-22-49(42)60(50)40-28-23-36(24-29-40)35-13-4-3-5-14-35/h3-34H,1-2H3. The highest BCUT2D eigenvalue weighted by molar-refractivity contribution is 6.22. The summed E-state index contributed by atoms with van der Waals surface area (Å²) in [4.78, 5) is 10.9. The summed E-state index contributed by atoms with van der Waals surface area (Å²) >= 11 is 0. The van der Waals surface area contributed by atoms with E-state index in [9.17, 15) is 0 Å². The second-order valence-electron chi connectivity index (χ2n) is 17.0. The van der Waals surface area contributed by atoms with Crippen molar-refractivity contribution in [3.05, 3.63) is 205 Å². The van der Waals surface area contributed by atoms with Crippen LogP contribution < -0.4 is 0 Å². The molecular weight excluding hydrogens is 741 g/mol. The van der Waals surface area contributed by atoms with Crippen LogP contribution in [0.4, 0.5) is 0 Å². The van der Waals surface area contributed by atoms with Crippen molar-refractivity contribution in [2.75, 3.05) is 0 Å². The SMILES string of the molecule is CC1(C)c2ccccc2-c2nc(-n3c4ccc(-c5ccc6c(c5)c5ccccc5n6-c5ccc(-c6ccccc6)cc5)cc4c4c5ccccc5ccc43)nc3cccc1c23. The number of nitrogens with zero attached hydrogens (tertiary/aromatic N) is 4. The van der Waals surface area contributed by atoms with E-state index in [0.29, 0.717) is 5.95 Å². The minimum Gasteiger partial charge on any atom is -0.309 e. The summed E-state index contributed by atoms with van der Waals surface area (Å²) < 4.78 is 4.68. The van der Waals surface area contributed by atoms with Gasteiger partial charge in [-0.05, 0) is 98.8 Å². The van der Waals surface area contributed by atoms with Gasteiger partial charge in [-0.3, -0.25) is 4.57 Å². The fraction of sp³-hybridized carbons (Fsp3) is 0.0526. The van der Waals surface area contributed by atoms with Gasteiger partial charge in [0, 0.05) is 43.6 Å². The first-order chi connectivity index (χ1) is 30.0. The number of benzene rings is 9. The number of para-hydroxylation sites is 1. The fourth-order valence-electron chi connectivity index (χ4n) is 10.4. The van der Waals surface area contributed by atoms with E-state index in [1.165, 1.54) is 82.3 Å². The lowest BCUT2D eigenvalue weighted by atomic mass is 9.70. The third-order valence-electron chi connectivity index (χ3n) is 13.3. The smallest absolute Gasteiger partial charge is 0.235 e. The van der Waals surface area contributed by atoms with Crippen LogP contribution in [-0.2, 0) is 5.41 Å². The van der Waals surface area contributed by atoms with Crippen LogP contribution in [0.25, 0.3) is 110 Å². The van der Waals surface area contributed by atoms with Crippen LogP contribution in [0.3, 0.4) is 0 Å². The number of aromatic nitrogens is 4. The van der Waals surface area contributed by atoms with Gasteiger partial charge in [0.25, 0.3) is 0 Å². The van der Waals surface area contributed by atoms with E-state index in [4.69, 9.17) is 9.97 Å². The first-order valence-corrected chi connectivity index (χ1v) is 21.1. The molecule has 286 valence electrons. The van der Waals surface area contributed by atoms with E-state index >= 15 is 0 Å². The van der Waals surface area contributed by atoms with Crippen molar-refractivity contribution in [2.45, 2.75) is 19.3 Å². The summed E-state index contributed by atoms with van der Waals surface area (Å²) in [5, 5.41) is 8.42. The van der Waals surface area contributed by atoms with Crippen molar-refractivity contribution in [3.63, 3.8) is 0 Å². The van der Waals surface area contributed by atoms with Crippen molar-refractivity contribution in [3.8, 4) is 45.1 Å². The third kappa shape index (κ3) is 4.87. The second-order valence-corrected chi connectivity index (χ2v) is 17.0. The molecule has 0 atom stereocenters. The van der Waals surface area contributed by atoms with Crippen LogP contribution in [0.15, 0.2) is 194 Å². The number of hydrogen-bond donors (Lipinski definition) is 0. The van der Waals surface area contributed by atoms with E-state index in [0.717, 1.165) is 33.3 Å². The van der Waals surface area contributed by atoms with Crippen molar-refractivity contribution >= 4 is 65.3 Å². The van der Waals surface area contributed by atoms with Gasteiger partial charge in [0.15, 0.2) is 0 Å². The Morgan fingerprint density at radius 2 is 1.02 bits per heavy atom. The van der Waals surface area contributed by atoms with Gasteiger partial charge in [0.05, 0.1) is 33.3 Å². The molecule has 0 saturated carbocycles. The summed E-state index contributed by atoms with van der Waals surface area (Å²) in [6.45, 7) is 4.63. The molecule has 13 rings (SSSR count). The normalized spacial score (nSPS) is 13.2.